The molecular formula is C14H31LiOSi. The van der Waals surface area contributed by atoms with E-state index >= 15 is 0 Å². The molecule has 1 nitrogen and oxygen atoms in total. The van der Waals surface area contributed by atoms with Gasteiger partial charge >= 0.3 is 120 Å². The third kappa shape index (κ3) is 9.36. The van der Waals surface area contributed by atoms with Gasteiger partial charge in [-0.05, 0) is 0 Å². The fourth-order valence-electron chi connectivity index (χ4n) is 2.47. The molecule has 0 rings (SSSR count). The SMILES string of the molecule is [Li][CH](CC(CCCCC)C(C)(C)C)O[SiH](C)C. The number of hydrogen-bond donors (Lipinski definition) is 0. The predicted molar refractivity (Wildman–Crippen MR) is 81.2 cm³/mol. The van der Waals surface area contributed by atoms with Crippen LogP contribution in [0.4, 0.5) is 0 Å². The van der Waals surface area contributed by atoms with Gasteiger partial charge in [-0.25, -0.2) is 0 Å². The molecule has 0 N–H and O–H groups in total. The fraction of sp³-hybridized carbons (Fsp3) is 1.00. The van der Waals surface area contributed by atoms with Crippen LogP contribution in [0.2, 0.25) is 13.1 Å². The van der Waals surface area contributed by atoms with E-state index in [1.54, 1.807) is 0 Å². The molecule has 0 aromatic carbocycles. The van der Waals surface area contributed by atoms with E-state index in [1.165, 1.54) is 32.1 Å². The van der Waals surface area contributed by atoms with Crippen LogP contribution in [0.25, 0.3) is 0 Å². The Hall–Kier alpha value is 0.774. The third-order valence-corrected chi connectivity index (χ3v) is 4.51. The maximum absolute atomic E-state index is 6.02. The zero-order chi connectivity index (χ0) is 13.5. The minimum atomic E-state index is -0.875. The van der Waals surface area contributed by atoms with Crippen LogP contribution in [0.3, 0.4) is 0 Å². The molecule has 0 bridgehead atoms. The Morgan fingerprint density at radius 2 is 1.76 bits per heavy atom. The van der Waals surface area contributed by atoms with Gasteiger partial charge in [-0.1, -0.05) is 0 Å². The molecule has 0 aliphatic carbocycles. The molecule has 98 valence electrons. The zero-order valence-electron chi connectivity index (χ0n) is 13.2. The summed E-state index contributed by atoms with van der Waals surface area (Å²) < 4.78 is 6.47. The number of rotatable bonds is 8. The average molecular weight is 250 g/mol. The molecule has 0 saturated carbocycles. The molecule has 2 unspecified atom stereocenters. The van der Waals surface area contributed by atoms with Crippen molar-refractivity contribution in [3.8, 4) is 0 Å². The standard InChI is InChI=1S/C14H31OSi.Li/c1-7-8-9-10-13(14(2,3)4)11-12-15-16(5)6;/h12-13,16H,7-11H2,1-6H3;. The van der Waals surface area contributed by atoms with Gasteiger partial charge in [-0.2, -0.15) is 0 Å². The first-order valence-corrected chi connectivity index (χ1v) is 10.2. The van der Waals surface area contributed by atoms with E-state index < -0.39 is 9.04 Å². The molecule has 0 radical (unpaired) electrons. The Balaban J connectivity index is 4.19. The Bertz CT molecular complexity index is 189. The van der Waals surface area contributed by atoms with Crippen molar-refractivity contribution >= 4 is 26.8 Å². The van der Waals surface area contributed by atoms with E-state index in [0.717, 1.165) is 5.92 Å². The van der Waals surface area contributed by atoms with E-state index in [4.69, 9.17) is 4.43 Å². The van der Waals surface area contributed by atoms with E-state index in [1.807, 2.05) is 0 Å². The first-order chi connectivity index (χ1) is 7.77. The molecule has 3 heteroatoms. The van der Waals surface area contributed by atoms with Crippen molar-refractivity contribution < 1.29 is 4.43 Å². The van der Waals surface area contributed by atoms with Crippen molar-refractivity contribution in [2.24, 2.45) is 11.3 Å². The van der Waals surface area contributed by atoms with Crippen LogP contribution in [0, 0.1) is 11.3 Å². The predicted octanol–water partition coefficient (Wildman–Crippen LogP) is 4.11. The van der Waals surface area contributed by atoms with Gasteiger partial charge in [0.15, 0.2) is 0 Å². The molecule has 0 aliphatic heterocycles. The van der Waals surface area contributed by atoms with E-state index in [2.05, 4.69) is 58.5 Å². The van der Waals surface area contributed by atoms with E-state index in [-0.39, 0.29) is 0 Å². The van der Waals surface area contributed by atoms with Crippen molar-refractivity contribution in [1.29, 1.82) is 0 Å². The summed E-state index contributed by atoms with van der Waals surface area (Å²) in [7, 11) is -0.875. The van der Waals surface area contributed by atoms with Crippen LogP contribution < -0.4 is 0 Å². The van der Waals surface area contributed by atoms with Gasteiger partial charge in [0.25, 0.3) is 0 Å². The van der Waals surface area contributed by atoms with Crippen LogP contribution in [-0.4, -0.2) is 31.5 Å². The average Bonchev–Trinajstić information content (AvgIpc) is 2.13. The first kappa shape index (κ1) is 17.8. The summed E-state index contributed by atoms with van der Waals surface area (Å²) in [6.45, 7) is 13.9. The molecule has 0 saturated heterocycles. The van der Waals surface area contributed by atoms with Gasteiger partial charge in [0.05, 0.1) is 0 Å². The molecule has 2 atom stereocenters. The Morgan fingerprint density at radius 3 is 2.18 bits per heavy atom. The second-order valence-electron chi connectivity index (χ2n) is 6.79. The number of hydrogen-bond acceptors (Lipinski definition) is 1. The molecule has 0 aromatic heterocycles. The summed E-state index contributed by atoms with van der Waals surface area (Å²) in [5.41, 5.74) is 0.421. The van der Waals surface area contributed by atoms with Gasteiger partial charge in [-0.15, -0.1) is 0 Å². The van der Waals surface area contributed by atoms with Crippen molar-refractivity contribution in [3.05, 3.63) is 0 Å². The van der Waals surface area contributed by atoms with Crippen molar-refractivity contribution in [2.45, 2.75) is 77.7 Å². The maximum atomic E-state index is 6.02. The van der Waals surface area contributed by atoms with E-state index in [9.17, 15) is 0 Å². The molecule has 0 amide bonds. The molecular weight excluding hydrogens is 219 g/mol. The molecule has 17 heavy (non-hydrogen) atoms. The van der Waals surface area contributed by atoms with Gasteiger partial charge in [0, 0.05) is 0 Å². The Morgan fingerprint density at radius 1 is 1.18 bits per heavy atom. The van der Waals surface area contributed by atoms with Crippen LogP contribution >= 0.6 is 0 Å². The molecule has 0 heterocycles. The summed E-state index contributed by atoms with van der Waals surface area (Å²) in [5.74, 6) is 0.803. The Labute approximate surface area is 120 Å². The zero-order valence-corrected chi connectivity index (χ0v) is 14.3. The van der Waals surface area contributed by atoms with Gasteiger partial charge < -0.3 is 0 Å². The second-order valence-corrected chi connectivity index (χ2v) is 9.16. The molecule has 0 aliphatic rings. The van der Waals surface area contributed by atoms with Crippen molar-refractivity contribution in [2.75, 3.05) is 0 Å². The number of unbranched alkanes of at least 4 members (excludes halogenated alkanes) is 2. The van der Waals surface area contributed by atoms with Crippen molar-refractivity contribution in [1.82, 2.24) is 0 Å². The van der Waals surface area contributed by atoms with Crippen LogP contribution in [0.5, 0.6) is 0 Å². The monoisotopic (exact) mass is 250 g/mol. The third-order valence-electron chi connectivity index (χ3n) is 3.50. The van der Waals surface area contributed by atoms with Gasteiger partial charge in [0.2, 0.25) is 0 Å². The van der Waals surface area contributed by atoms with Gasteiger partial charge in [0.1, 0.15) is 0 Å². The van der Waals surface area contributed by atoms with E-state index in [0.29, 0.717) is 10.2 Å². The summed E-state index contributed by atoms with van der Waals surface area (Å²) in [6.07, 6.45) is 6.68. The van der Waals surface area contributed by atoms with Gasteiger partial charge in [-0.3, -0.25) is 0 Å². The minimum absolute atomic E-state index is 0.421. The first-order valence-electron chi connectivity index (χ1n) is 7.42. The summed E-state index contributed by atoms with van der Waals surface area (Å²) in [5, 5.41) is 0. The molecule has 0 spiro atoms. The van der Waals surface area contributed by atoms with Crippen LogP contribution in [0.15, 0.2) is 0 Å². The quantitative estimate of drug-likeness (QED) is 0.465. The summed E-state index contributed by atoms with van der Waals surface area (Å²) in [4.78, 5) is 0. The Kier molecular flexibility index (Phi) is 9.20. The topological polar surface area (TPSA) is 9.23 Å². The fourth-order valence-corrected chi connectivity index (χ4v) is 3.51. The van der Waals surface area contributed by atoms with Crippen molar-refractivity contribution in [3.63, 3.8) is 0 Å². The summed E-state index contributed by atoms with van der Waals surface area (Å²) >= 11 is 2.26. The van der Waals surface area contributed by atoms with Crippen LogP contribution in [-0.2, 0) is 4.43 Å². The van der Waals surface area contributed by atoms with Crippen LogP contribution in [0.1, 0.15) is 59.8 Å². The second kappa shape index (κ2) is 8.80. The normalized spacial score (nSPS) is 16.3. The molecule has 0 fully saturated rings. The summed E-state index contributed by atoms with van der Waals surface area (Å²) in [6, 6.07) is 0. The molecule has 0 aromatic rings.